The summed E-state index contributed by atoms with van der Waals surface area (Å²) >= 11 is 0. The Hall–Kier alpha value is -1.87. The van der Waals surface area contributed by atoms with E-state index in [-0.39, 0.29) is 11.4 Å². The maximum atomic E-state index is 11.4. The van der Waals surface area contributed by atoms with Crippen LogP contribution in [0.15, 0.2) is 42.5 Å². The van der Waals surface area contributed by atoms with Crippen LogP contribution in [-0.2, 0) is 11.3 Å². The van der Waals surface area contributed by atoms with Crippen molar-refractivity contribution in [1.82, 2.24) is 10.4 Å². The number of nitrogens with zero attached hydrogens (tertiary/aromatic N) is 1. The van der Waals surface area contributed by atoms with Crippen molar-refractivity contribution in [3.63, 3.8) is 0 Å². The van der Waals surface area contributed by atoms with Crippen LogP contribution in [-0.4, -0.2) is 16.5 Å². The maximum absolute atomic E-state index is 11.4. The quantitative estimate of drug-likeness (QED) is 0.866. The van der Waals surface area contributed by atoms with Gasteiger partial charge in [0.25, 0.3) is 0 Å². The van der Waals surface area contributed by atoms with Crippen LogP contribution in [0.3, 0.4) is 0 Å². The Kier molecular flexibility index (Phi) is 4.09. The van der Waals surface area contributed by atoms with Gasteiger partial charge in [-0.1, -0.05) is 42.5 Å². The summed E-state index contributed by atoms with van der Waals surface area (Å²) < 4.78 is 0. The third kappa shape index (κ3) is 3.36. The Morgan fingerprint density at radius 1 is 1.10 bits per heavy atom. The number of nitrogens with one attached hydrogen (secondary N) is 1. The molecule has 1 amide bonds. The van der Waals surface area contributed by atoms with Gasteiger partial charge >= 0.3 is 0 Å². The first-order valence-electron chi connectivity index (χ1n) is 6.89. The van der Waals surface area contributed by atoms with Crippen LogP contribution < -0.4 is 5.43 Å². The van der Waals surface area contributed by atoms with Gasteiger partial charge in [0.15, 0.2) is 0 Å². The first-order valence-corrected chi connectivity index (χ1v) is 6.89. The molecule has 0 aliphatic carbocycles. The zero-order valence-corrected chi connectivity index (χ0v) is 12.6. The van der Waals surface area contributed by atoms with Crippen LogP contribution in [0.25, 0.3) is 10.8 Å². The Morgan fingerprint density at radius 2 is 1.75 bits per heavy atom. The van der Waals surface area contributed by atoms with E-state index < -0.39 is 0 Å². The summed E-state index contributed by atoms with van der Waals surface area (Å²) in [5, 5.41) is 4.44. The highest BCUT2D eigenvalue weighted by Gasteiger charge is 2.22. The van der Waals surface area contributed by atoms with Crippen molar-refractivity contribution in [3.8, 4) is 0 Å². The average Bonchev–Trinajstić information content (AvgIpc) is 2.37. The van der Waals surface area contributed by atoms with Gasteiger partial charge < -0.3 is 0 Å². The molecule has 0 atom stereocenters. The molecule has 1 N–H and O–H groups in total. The SMILES string of the molecule is CC(=O)NN(Cc1cccc2ccccc12)C(C)(C)C. The summed E-state index contributed by atoms with van der Waals surface area (Å²) in [5.74, 6) is -0.0415. The molecule has 0 bridgehead atoms. The van der Waals surface area contributed by atoms with E-state index in [0.717, 1.165) is 0 Å². The van der Waals surface area contributed by atoms with Crippen LogP contribution in [0.4, 0.5) is 0 Å². The van der Waals surface area contributed by atoms with Gasteiger partial charge in [-0.2, -0.15) is 0 Å². The second kappa shape index (κ2) is 5.63. The second-order valence-electron chi connectivity index (χ2n) is 6.06. The molecule has 2 aromatic carbocycles. The summed E-state index contributed by atoms with van der Waals surface area (Å²) in [6, 6.07) is 14.6. The van der Waals surface area contributed by atoms with Crippen molar-refractivity contribution in [3.05, 3.63) is 48.0 Å². The molecular weight excluding hydrogens is 248 g/mol. The number of hydrazine groups is 1. The van der Waals surface area contributed by atoms with E-state index >= 15 is 0 Å². The summed E-state index contributed by atoms with van der Waals surface area (Å²) in [6.07, 6.45) is 0. The van der Waals surface area contributed by atoms with Gasteiger partial charge in [-0.05, 0) is 37.1 Å². The molecule has 0 spiro atoms. The van der Waals surface area contributed by atoms with Gasteiger partial charge in [-0.25, -0.2) is 5.01 Å². The standard InChI is InChI=1S/C17H22N2O/c1-13(20)18-19(17(2,3)4)12-15-10-7-9-14-8-5-6-11-16(14)15/h5-11H,12H2,1-4H3,(H,18,20). The smallest absolute Gasteiger partial charge is 0.231 e. The predicted molar refractivity (Wildman–Crippen MR) is 83.1 cm³/mol. The number of hydrogen-bond donors (Lipinski definition) is 1. The molecule has 2 aromatic rings. The van der Waals surface area contributed by atoms with Crippen molar-refractivity contribution in [2.75, 3.05) is 0 Å². The van der Waals surface area contributed by atoms with Gasteiger partial charge in [-0.15, -0.1) is 0 Å². The number of carbonyl (C=O) groups is 1. The summed E-state index contributed by atoms with van der Waals surface area (Å²) in [6.45, 7) is 8.50. The summed E-state index contributed by atoms with van der Waals surface area (Å²) in [7, 11) is 0. The molecule has 0 saturated heterocycles. The normalized spacial score (nSPS) is 11.8. The highest BCUT2D eigenvalue weighted by molar-refractivity contribution is 5.85. The van der Waals surface area contributed by atoms with Crippen molar-refractivity contribution in [2.45, 2.75) is 39.8 Å². The number of fused-ring (bicyclic) bond motifs is 1. The zero-order chi connectivity index (χ0) is 14.8. The molecule has 20 heavy (non-hydrogen) atoms. The lowest BCUT2D eigenvalue weighted by atomic mass is 10.0. The van der Waals surface area contributed by atoms with Crippen LogP contribution in [0, 0.1) is 0 Å². The van der Waals surface area contributed by atoms with Crippen molar-refractivity contribution in [1.29, 1.82) is 0 Å². The zero-order valence-electron chi connectivity index (χ0n) is 12.6. The first kappa shape index (κ1) is 14.5. The molecule has 3 nitrogen and oxygen atoms in total. The second-order valence-corrected chi connectivity index (χ2v) is 6.06. The lowest BCUT2D eigenvalue weighted by molar-refractivity contribution is -0.126. The lowest BCUT2D eigenvalue weighted by Crippen LogP contribution is -2.51. The van der Waals surface area contributed by atoms with Gasteiger partial charge in [0, 0.05) is 19.0 Å². The highest BCUT2D eigenvalue weighted by Crippen LogP contribution is 2.22. The van der Waals surface area contributed by atoms with Crippen LogP contribution >= 0.6 is 0 Å². The molecule has 0 fully saturated rings. The van der Waals surface area contributed by atoms with Gasteiger partial charge in [0.2, 0.25) is 5.91 Å². The number of carbonyl (C=O) groups excluding carboxylic acids is 1. The third-order valence-electron chi connectivity index (χ3n) is 3.31. The maximum Gasteiger partial charge on any atom is 0.231 e. The van der Waals surface area contributed by atoms with Gasteiger partial charge in [0.05, 0.1) is 0 Å². The summed E-state index contributed by atoms with van der Waals surface area (Å²) in [5.41, 5.74) is 4.01. The van der Waals surface area contributed by atoms with Gasteiger partial charge in [-0.3, -0.25) is 10.2 Å². The Balaban J connectivity index is 2.36. The number of rotatable bonds is 3. The molecule has 0 heterocycles. The molecule has 0 aromatic heterocycles. The minimum absolute atomic E-state index is 0.0415. The fraction of sp³-hybridized carbons (Fsp3) is 0.353. The molecule has 3 heteroatoms. The topological polar surface area (TPSA) is 32.3 Å². The molecule has 0 saturated carbocycles. The fourth-order valence-corrected chi connectivity index (χ4v) is 2.24. The lowest BCUT2D eigenvalue weighted by Gasteiger charge is -2.35. The molecule has 2 rings (SSSR count). The van der Waals surface area contributed by atoms with Crippen molar-refractivity contribution < 1.29 is 4.79 Å². The number of amides is 1. The molecule has 0 radical (unpaired) electrons. The molecule has 0 aliphatic rings. The fourth-order valence-electron chi connectivity index (χ4n) is 2.24. The number of hydrogen-bond acceptors (Lipinski definition) is 2. The minimum atomic E-state index is -0.136. The highest BCUT2D eigenvalue weighted by atomic mass is 16.2. The van der Waals surface area contributed by atoms with E-state index in [1.807, 2.05) is 17.1 Å². The van der Waals surface area contributed by atoms with E-state index in [1.165, 1.54) is 16.3 Å². The molecule has 0 aliphatic heterocycles. The van der Waals surface area contributed by atoms with Gasteiger partial charge in [0.1, 0.15) is 0 Å². The monoisotopic (exact) mass is 270 g/mol. The van der Waals surface area contributed by atoms with Crippen LogP contribution in [0.5, 0.6) is 0 Å². The Bertz CT molecular complexity index is 608. The predicted octanol–water partition coefficient (Wildman–Crippen LogP) is 3.49. The van der Waals surface area contributed by atoms with Crippen molar-refractivity contribution in [2.24, 2.45) is 0 Å². The van der Waals surface area contributed by atoms with E-state index in [1.54, 1.807) is 6.92 Å². The molecular formula is C17H22N2O. The largest absolute Gasteiger partial charge is 0.288 e. The van der Waals surface area contributed by atoms with E-state index in [9.17, 15) is 4.79 Å². The average molecular weight is 270 g/mol. The van der Waals surface area contributed by atoms with Crippen LogP contribution in [0.2, 0.25) is 0 Å². The van der Waals surface area contributed by atoms with Crippen LogP contribution in [0.1, 0.15) is 33.3 Å². The van der Waals surface area contributed by atoms with E-state index in [0.29, 0.717) is 6.54 Å². The molecule has 0 unspecified atom stereocenters. The Labute approximate surface area is 120 Å². The number of benzene rings is 2. The Morgan fingerprint density at radius 3 is 2.40 bits per heavy atom. The van der Waals surface area contributed by atoms with E-state index in [4.69, 9.17) is 0 Å². The third-order valence-corrected chi connectivity index (χ3v) is 3.31. The minimum Gasteiger partial charge on any atom is -0.288 e. The summed E-state index contributed by atoms with van der Waals surface area (Å²) in [4.78, 5) is 11.4. The first-order chi connectivity index (χ1) is 9.38. The van der Waals surface area contributed by atoms with Crippen molar-refractivity contribution >= 4 is 16.7 Å². The van der Waals surface area contributed by atoms with E-state index in [2.05, 4.69) is 56.5 Å². The molecule has 106 valence electrons.